The first kappa shape index (κ1) is 30.6. The third-order valence-corrected chi connectivity index (χ3v) is 9.32. The summed E-state index contributed by atoms with van der Waals surface area (Å²) in [5, 5.41) is 8.61. The average molecular weight is 614 g/mol. The fourth-order valence-electron chi connectivity index (χ4n) is 5.19. The fourth-order valence-corrected chi connectivity index (χ4v) is 6.81. The van der Waals surface area contributed by atoms with Crippen LogP contribution in [0, 0.1) is 5.41 Å². The van der Waals surface area contributed by atoms with E-state index >= 15 is 0 Å². The number of amidine groups is 1. The molecule has 5 rings (SSSR count). The summed E-state index contributed by atoms with van der Waals surface area (Å²) < 4.78 is 32.6. The van der Waals surface area contributed by atoms with Crippen molar-refractivity contribution in [3.8, 4) is 0 Å². The van der Waals surface area contributed by atoms with Crippen LogP contribution in [0.1, 0.15) is 24.5 Å². The number of para-hydroxylation sites is 1. The number of anilines is 1. The normalized spacial score (nSPS) is 11.8. The molecule has 0 saturated carbocycles. The van der Waals surface area contributed by atoms with Crippen LogP contribution in [-0.4, -0.2) is 60.5 Å². The van der Waals surface area contributed by atoms with Crippen LogP contribution in [0.4, 0.5) is 5.69 Å². The molecule has 0 atom stereocenters. The van der Waals surface area contributed by atoms with Gasteiger partial charge in [-0.3, -0.25) is 28.6 Å². The van der Waals surface area contributed by atoms with Gasteiger partial charge in [-0.25, -0.2) is 13.2 Å². The van der Waals surface area contributed by atoms with E-state index in [1.54, 1.807) is 66.9 Å². The number of nitrogen functional groups attached to an aromatic ring is 1. The molecule has 44 heavy (non-hydrogen) atoms. The van der Waals surface area contributed by atoms with Crippen LogP contribution in [0.25, 0.3) is 21.8 Å². The number of rotatable bonds is 11. The van der Waals surface area contributed by atoms with E-state index in [9.17, 15) is 18.0 Å². The lowest BCUT2D eigenvalue weighted by Crippen LogP contribution is -2.41. The van der Waals surface area contributed by atoms with Gasteiger partial charge in [-0.15, -0.1) is 0 Å². The maximum atomic E-state index is 14.3. The minimum Gasteiger partial charge on any atom is -0.384 e. The summed E-state index contributed by atoms with van der Waals surface area (Å²) in [7, 11) is -0.378. The Morgan fingerprint density at radius 2 is 1.68 bits per heavy atom. The highest BCUT2D eigenvalue weighted by Gasteiger charge is 2.28. The highest BCUT2D eigenvalue weighted by Crippen LogP contribution is 2.29. The van der Waals surface area contributed by atoms with Gasteiger partial charge in [0.25, 0.3) is 15.6 Å². The molecule has 0 unspecified atom stereocenters. The average Bonchev–Trinajstić information content (AvgIpc) is 3.01. The van der Waals surface area contributed by atoms with E-state index in [0.717, 1.165) is 0 Å². The minimum absolute atomic E-state index is 0.0364. The molecule has 12 heteroatoms. The Hall–Kier alpha value is -4.81. The van der Waals surface area contributed by atoms with Crippen LogP contribution in [0.15, 0.2) is 93.5 Å². The Bertz CT molecular complexity index is 2080. The maximum Gasteiger partial charge on any atom is 0.331 e. The Kier molecular flexibility index (Phi) is 8.66. The summed E-state index contributed by atoms with van der Waals surface area (Å²) in [6, 6.07) is 20.3. The molecule has 0 amide bonds. The maximum absolute atomic E-state index is 14.3. The number of pyridine rings is 1. The number of benzene rings is 3. The Labute approximate surface area is 255 Å². The molecule has 0 aliphatic carbocycles. The quantitative estimate of drug-likeness (QED) is 0.172. The number of sulfonamides is 1. The van der Waals surface area contributed by atoms with Crippen LogP contribution in [0.3, 0.4) is 0 Å². The Morgan fingerprint density at radius 3 is 2.36 bits per heavy atom. The number of hydrogen-bond acceptors (Lipinski definition) is 7. The van der Waals surface area contributed by atoms with Crippen molar-refractivity contribution in [3.05, 3.63) is 111 Å². The lowest BCUT2D eigenvalue weighted by Gasteiger charge is -2.27. The molecule has 0 spiro atoms. The van der Waals surface area contributed by atoms with E-state index in [-0.39, 0.29) is 23.8 Å². The van der Waals surface area contributed by atoms with Gasteiger partial charge in [0.1, 0.15) is 10.7 Å². The number of aryl methyl sites for hydroxylation is 1. The summed E-state index contributed by atoms with van der Waals surface area (Å²) in [5.41, 5.74) is 6.93. The smallest absolute Gasteiger partial charge is 0.331 e. The van der Waals surface area contributed by atoms with Crippen LogP contribution < -0.4 is 21.3 Å². The molecule has 0 fully saturated rings. The zero-order chi connectivity index (χ0) is 31.6. The summed E-state index contributed by atoms with van der Waals surface area (Å²) in [4.78, 5) is 33.8. The van der Waals surface area contributed by atoms with E-state index in [0.29, 0.717) is 58.1 Å². The summed E-state index contributed by atoms with van der Waals surface area (Å²) in [6.45, 7) is 2.87. The molecule has 2 heterocycles. The zero-order valence-corrected chi connectivity index (χ0v) is 25.7. The molecule has 0 radical (unpaired) electrons. The molecule has 11 nitrogen and oxygen atoms in total. The summed E-state index contributed by atoms with van der Waals surface area (Å²) in [6.07, 6.45) is 2.18. The molecule has 228 valence electrons. The summed E-state index contributed by atoms with van der Waals surface area (Å²) >= 11 is 0. The van der Waals surface area contributed by atoms with Gasteiger partial charge in [-0.05, 0) is 56.4 Å². The number of aromatic nitrogens is 3. The molecule has 0 saturated heterocycles. The topological polar surface area (TPSA) is 147 Å². The molecule has 0 aliphatic rings. The lowest BCUT2D eigenvalue weighted by atomic mass is 10.1. The molecule has 2 aromatic heterocycles. The highest BCUT2D eigenvalue weighted by atomic mass is 32.2. The lowest BCUT2D eigenvalue weighted by molar-refractivity contribution is 0.419. The van der Waals surface area contributed by atoms with Crippen molar-refractivity contribution in [2.24, 2.45) is 5.73 Å². The van der Waals surface area contributed by atoms with E-state index in [2.05, 4.69) is 4.98 Å². The van der Waals surface area contributed by atoms with Crippen molar-refractivity contribution in [3.63, 3.8) is 0 Å². The van der Waals surface area contributed by atoms with Crippen molar-refractivity contribution in [1.29, 1.82) is 5.41 Å². The second kappa shape index (κ2) is 12.4. The van der Waals surface area contributed by atoms with Crippen LogP contribution in [-0.2, 0) is 23.1 Å². The van der Waals surface area contributed by atoms with Crippen LogP contribution in [0.2, 0.25) is 0 Å². The van der Waals surface area contributed by atoms with Gasteiger partial charge in [-0.2, -0.15) is 0 Å². The molecular formula is C32H35N7O4S. The molecule has 3 N–H and O–H groups in total. The van der Waals surface area contributed by atoms with Gasteiger partial charge in [0.15, 0.2) is 0 Å². The number of likely N-dealkylation sites (N-methyl/N-ethyl adjacent to an activating group) is 1. The van der Waals surface area contributed by atoms with Crippen molar-refractivity contribution in [1.82, 2.24) is 19.0 Å². The van der Waals surface area contributed by atoms with Gasteiger partial charge in [0.05, 0.1) is 28.7 Å². The van der Waals surface area contributed by atoms with Crippen molar-refractivity contribution in [2.45, 2.75) is 31.3 Å². The number of nitrogens with zero attached hydrogens (tertiary/aromatic N) is 5. The Morgan fingerprint density at radius 1 is 0.955 bits per heavy atom. The van der Waals surface area contributed by atoms with Gasteiger partial charge in [0, 0.05) is 36.8 Å². The highest BCUT2D eigenvalue weighted by molar-refractivity contribution is 7.93. The SMILES string of the molecule is CCCn1c(=O)n(Cc2ccc(C(=N)N)cc2)c(=O)c2ccc(N(CCN(C)C)S(=O)(=O)c3cccc4cccnc34)cc21. The van der Waals surface area contributed by atoms with Crippen LogP contribution in [0.5, 0.6) is 0 Å². The van der Waals surface area contributed by atoms with Gasteiger partial charge in [0.2, 0.25) is 0 Å². The van der Waals surface area contributed by atoms with E-state index in [1.165, 1.54) is 13.4 Å². The molecule has 3 aromatic carbocycles. The van der Waals surface area contributed by atoms with Crippen molar-refractivity contribution in [2.75, 3.05) is 31.5 Å². The van der Waals surface area contributed by atoms with E-state index in [1.807, 2.05) is 38.1 Å². The largest absolute Gasteiger partial charge is 0.384 e. The summed E-state index contributed by atoms with van der Waals surface area (Å²) in [5.74, 6) is -0.0705. The first-order chi connectivity index (χ1) is 21.0. The van der Waals surface area contributed by atoms with E-state index < -0.39 is 21.3 Å². The first-order valence-electron chi connectivity index (χ1n) is 14.2. The third-order valence-electron chi connectivity index (χ3n) is 7.46. The van der Waals surface area contributed by atoms with Gasteiger partial charge < -0.3 is 10.6 Å². The van der Waals surface area contributed by atoms with Gasteiger partial charge >= 0.3 is 5.69 Å². The minimum atomic E-state index is -4.10. The number of nitrogens with two attached hydrogens (primary N) is 1. The fraction of sp³-hybridized carbons (Fsp3) is 0.250. The van der Waals surface area contributed by atoms with Crippen molar-refractivity contribution >= 4 is 43.4 Å². The van der Waals surface area contributed by atoms with Crippen LogP contribution >= 0.6 is 0 Å². The monoisotopic (exact) mass is 613 g/mol. The molecular weight excluding hydrogens is 578 g/mol. The Balaban J connectivity index is 1.66. The second-order valence-electron chi connectivity index (χ2n) is 10.8. The molecule has 0 aliphatic heterocycles. The number of hydrogen-bond donors (Lipinski definition) is 2. The molecule has 5 aromatic rings. The molecule has 0 bridgehead atoms. The van der Waals surface area contributed by atoms with E-state index in [4.69, 9.17) is 11.1 Å². The first-order valence-corrected chi connectivity index (χ1v) is 15.7. The number of fused-ring (bicyclic) bond motifs is 2. The van der Waals surface area contributed by atoms with Crippen molar-refractivity contribution < 1.29 is 8.42 Å². The predicted molar refractivity (Wildman–Crippen MR) is 174 cm³/mol. The predicted octanol–water partition coefficient (Wildman–Crippen LogP) is 3.21. The third kappa shape index (κ3) is 5.86. The van der Waals surface area contributed by atoms with Gasteiger partial charge in [-0.1, -0.05) is 49.4 Å². The second-order valence-corrected chi connectivity index (χ2v) is 12.7. The zero-order valence-electron chi connectivity index (χ0n) is 24.9. The standard InChI is InChI=1S/C32H35N7O4S/c1-4-17-37-27-20-25(14-15-26(27)31(40)38(32(37)41)21-22-10-12-24(13-11-22)30(33)34)39(19-18-36(2)3)44(42,43)28-9-5-7-23-8-6-16-35-29(23)28/h5-16,20H,4,17-19,21H2,1-3H3,(H3,33,34). The number of nitrogens with one attached hydrogen (secondary N) is 1.